The number of rotatable bonds is 7. The number of hydrazone groups is 1. The molecular formula is C21H22F3N3O4. The van der Waals surface area contributed by atoms with E-state index in [9.17, 15) is 28.1 Å². The lowest BCUT2D eigenvalue weighted by atomic mass is 9.97. The van der Waals surface area contributed by atoms with Crippen LogP contribution < -0.4 is 10.2 Å². The topological polar surface area (TPSA) is 93.8 Å². The van der Waals surface area contributed by atoms with Crippen molar-refractivity contribution in [3.8, 4) is 5.75 Å². The van der Waals surface area contributed by atoms with E-state index in [4.69, 9.17) is 4.74 Å². The zero-order valence-corrected chi connectivity index (χ0v) is 17.4. The molecule has 31 heavy (non-hydrogen) atoms. The Hall–Kier alpha value is -3.43. The monoisotopic (exact) mass is 437 g/mol. The van der Waals surface area contributed by atoms with Crippen molar-refractivity contribution < 1.29 is 27.6 Å². The van der Waals surface area contributed by atoms with Crippen LogP contribution in [0.25, 0.3) is 0 Å². The summed E-state index contributed by atoms with van der Waals surface area (Å²) in [5.41, 5.74) is 2.73. The van der Waals surface area contributed by atoms with E-state index in [1.807, 2.05) is 32.9 Å². The summed E-state index contributed by atoms with van der Waals surface area (Å²) in [6.07, 6.45) is -3.79. The number of nitro benzene ring substituents is 1. The smallest absolute Gasteiger partial charge is 0.416 e. The minimum Gasteiger partial charge on any atom is -0.496 e. The summed E-state index contributed by atoms with van der Waals surface area (Å²) >= 11 is 0. The largest absolute Gasteiger partial charge is 0.496 e. The quantitative estimate of drug-likeness (QED) is 0.384. The summed E-state index contributed by atoms with van der Waals surface area (Å²) in [7, 11) is 1.58. The van der Waals surface area contributed by atoms with Gasteiger partial charge in [0.2, 0.25) is 5.91 Å². The Labute approximate surface area is 177 Å². The first kappa shape index (κ1) is 23.8. The molecule has 10 heteroatoms. The van der Waals surface area contributed by atoms with Gasteiger partial charge in [0.25, 0.3) is 5.69 Å². The highest BCUT2D eigenvalue weighted by Crippen LogP contribution is 2.33. The third kappa shape index (κ3) is 6.03. The number of nitro groups is 1. The lowest BCUT2D eigenvalue weighted by Gasteiger charge is -2.14. The number of hydrogen-bond acceptors (Lipinski definition) is 5. The summed E-state index contributed by atoms with van der Waals surface area (Å²) < 4.78 is 43.7. The number of ether oxygens (including phenoxy) is 1. The van der Waals surface area contributed by atoms with Crippen LogP contribution >= 0.6 is 0 Å². The number of benzene rings is 2. The van der Waals surface area contributed by atoms with Crippen LogP contribution in [0.3, 0.4) is 0 Å². The van der Waals surface area contributed by atoms with E-state index in [1.165, 1.54) is 6.21 Å². The number of carbonyl (C=O) groups excluding carboxylic acids is 1. The van der Waals surface area contributed by atoms with Crippen molar-refractivity contribution >= 4 is 17.8 Å². The van der Waals surface area contributed by atoms with Crippen molar-refractivity contribution in [3.05, 3.63) is 68.3 Å². The number of aryl methyl sites for hydroxylation is 1. The van der Waals surface area contributed by atoms with Crippen molar-refractivity contribution in [2.24, 2.45) is 5.10 Å². The zero-order chi connectivity index (χ0) is 23.3. The summed E-state index contributed by atoms with van der Waals surface area (Å²) in [5.74, 6) is 0.232. The van der Waals surface area contributed by atoms with E-state index >= 15 is 0 Å². The van der Waals surface area contributed by atoms with Crippen LogP contribution in [0.1, 0.15) is 47.6 Å². The maximum atomic E-state index is 12.8. The first-order valence-corrected chi connectivity index (χ1v) is 9.29. The molecule has 0 fully saturated rings. The number of alkyl halides is 3. The fourth-order valence-electron chi connectivity index (χ4n) is 2.93. The highest BCUT2D eigenvalue weighted by Gasteiger charge is 2.33. The van der Waals surface area contributed by atoms with Gasteiger partial charge in [-0.15, -0.1) is 0 Å². The minimum absolute atomic E-state index is 0.145. The van der Waals surface area contributed by atoms with Gasteiger partial charge in [-0.05, 0) is 47.7 Å². The molecule has 0 saturated heterocycles. The van der Waals surface area contributed by atoms with Crippen LogP contribution in [0.5, 0.6) is 5.75 Å². The van der Waals surface area contributed by atoms with E-state index in [0.717, 1.165) is 28.5 Å². The van der Waals surface area contributed by atoms with Gasteiger partial charge in [-0.2, -0.15) is 18.3 Å². The number of halogens is 3. The number of nitrogens with one attached hydrogen (secondary N) is 1. The summed E-state index contributed by atoms with van der Waals surface area (Å²) in [4.78, 5) is 22.3. The third-order valence-electron chi connectivity index (χ3n) is 4.59. The molecule has 7 nitrogen and oxygen atoms in total. The molecule has 0 spiro atoms. The second-order valence-corrected chi connectivity index (χ2v) is 7.17. The second kappa shape index (κ2) is 9.59. The lowest BCUT2D eigenvalue weighted by Crippen LogP contribution is -2.20. The predicted octanol–water partition coefficient (Wildman–Crippen LogP) is 4.75. The maximum absolute atomic E-state index is 12.8. The molecule has 0 unspecified atom stereocenters. The molecule has 0 aliphatic carbocycles. The standard InChI is InChI=1S/C21H22F3N3O4/c1-12(2)17-8-15(13(3)7-19(17)31-4)11-25-26-20(28)9-14-5-6-16(21(22,23)24)10-18(14)27(29)30/h5-8,10-12H,9H2,1-4H3,(H,26,28)/b25-11+. The van der Waals surface area contributed by atoms with Crippen LogP contribution in [0.2, 0.25) is 0 Å². The Kier molecular flexibility index (Phi) is 7.37. The van der Waals surface area contributed by atoms with Gasteiger partial charge in [0.05, 0.1) is 30.2 Å². The van der Waals surface area contributed by atoms with Crippen LogP contribution in [-0.2, 0) is 17.4 Å². The number of methoxy groups -OCH3 is 1. The van der Waals surface area contributed by atoms with Crippen molar-refractivity contribution in [2.45, 2.75) is 39.3 Å². The molecule has 0 aliphatic heterocycles. The summed E-state index contributed by atoms with van der Waals surface area (Å²) in [6.45, 7) is 5.86. The molecule has 2 aromatic rings. The fourth-order valence-corrected chi connectivity index (χ4v) is 2.93. The lowest BCUT2D eigenvalue weighted by molar-refractivity contribution is -0.385. The van der Waals surface area contributed by atoms with Crippen molar-refractivity contribution in [2.75, 3.05) is 7.11 Å². The van der Waals surface area contributed by atoms with Crippen LogP contribution in [0.4, 0.5) is 18.9 Å². The average molecular weight is 437 g/mol. The number of hydrogen-bond donors (Lipinski definition) is 1. The van der Waals surface area contributed by atoms with Gasteiger partial charge in [-0.3, -0.25) is 14.9 Å². The minimum atomic E-state index is -4.72. The van der Waals surface area contributed by atoms with Gasteiger partial charge in [0.1, 0.15) is 5.75 Å². The highest BCUT2D eigenvalue weighted by atomic mass is 19.4. The molecule has 0 heterocycles. The summed E-state index contributed by atoms with van der Waals surface area (Å²) in [6, 6.07) is 5.78. The molecule has 0 radical (unpaired) electrons. The predicted molar refractivity (Wildman–Crippen MR) is 109 cm³/mol. The van der Waals surface area contributed by atoms with E-state index in [2.05, 4.69) is 10.5 Å². The molecule has 0 aromatic heterocycles. The number of amides is 1. The highest BCUT2D eigenvalue weighted by molar-refractivity contribution is 5.85. The van der Waals surface area contributed by atoms with Gasteiger partial charge >= 0.3 is 6.18 Å². The molecule has 2 rings (SSSR count). The molecule has 0 aliphatic rings. The molecule has 1 amide bonds. The van der Waals surface area contributed by atoms with Crippen molar-refractivity contribution in [1.82, 2.24) is 5.43 Å². The summed E-state index contributed by atoms with van der Waals surface area (Å²) in [5, 5.41) is 15.0. The maximum Gasteiger partial charge on any atom is 0.416 e. The van der Waals surface area contributed by atoms with Gasteiger partial charge in [0, 0.05) is 11.6 Å². The van der Waals surface area contributed by atoms with E-state index in [1.54, 1.807) is 7.11 Å². The Balaban J connectivity index is 2.17. The van der Waals surface area contributed by atoms with E-state index < -0.39 is 34.7 Å². The Morgan fingerprint density at radius 3 is 2.52 bits per heavy atom. The molecule has 0 atom stereocenters. The third-order valence-corrected chi connectivity index (χ3v) is 4.59. The Bertz CT molecular complexity index is 1020. The van der Waals surface area contributed by atoms with Crippen LogP contribution in [0, 0.1) is 17.0 Å². The average Bonchev–Trinajstić information content (AvgIpc) is 2.67. The first-order valence-electron chi connectivity index (χ1n) is 9.29. The Morgan fingerprint density at radius 2 is 1.97 bits per heavy atom. The van der Waals surface area contributed by atoms with Gasteiger partial charge in [-0.25, -0.2) is 5.43 Å². The molecule has 1 N–H and O–H groups in total. The molecule has 166 valence electrons. The SMILES string of the molecule is COc1cc(C)c(/C=N/NC(=O)Cc2ccc(C(F)(F)F)cc2[N+](=O)[O-])cc1C(C)C. The fraction of sp³-hybridized carbons (Fsp3) is 0.333. The van der Waals surface area contributed by atoms with Crippen LogP contribution in [-0.4, -0.2) is 24.2 Å². The normalized spacial score (nSPS) is 11.7. The van der Waals surface area contributed by atoms with Gasteiger partial charge < -0.3 is 4.74 Å². The van der Waals surface area contributed by atoms with Crippen molar-refractivity contribution in [3.63, 3.8) is 0 Å². The second-order valence-electron chi connectivity index (χ2n) is 7.17. The molecule has 0 saturated carbocycles. The first-order chi connectivity index (χ1) is 14.4. The van der Waals surface area contributed by atoms with Crippen LogP contribution in [0.15, 0.2) is 35.4 Å². The molecule has 0 bridgehead atoms. The van der Waals surface area contributed by atoms with E-state index in [0.29, 0.717) is 12.1 Å². The zero-order valence-electron chi connectivity index (χ0n) is 17.4. The molecular weight excluding hydrogens is 415 g/mol. The van der Waals surface area contributed by atoms with Crippen molar-refractivity contribution in [1.29, 1.82) is 0 Å². The van der Waals surface area contributed by atoms with Gasteiger partial charge in [0.15, 0.2) is 0 Å². The Morgan fingerprint density at radius 1 is 1.29 bits per heavy atom. The number of nitrogens with zero attached hydrogens (tertiary/aromatic N) is 2. The van der Waals surface area contributed by atoms with E-state index in [-0.39, 0.29) is 11.5 Å². The number of carbonyl (C=O) groups is 1. The molecule has 2 aromatic carbocycles. The van der Waals surface area contributed by atoms with Gasteiger partial charge in [-0.1, -0.05) is 19.9 Å².